The number of hydrogen-bond donors (Lipinski definition) is 2. The zero-order valence-corrected chi connectivity index (χ0v) is 14.0. The highest BCUT2D eigenvalue weighted by Gasteiger charge is 2.08. The molecule has 0 spiro atoms. The number of nitrogens with one attached hydrogen (secondary N) is 2. The van der Waals surface area contributed by atoms with Gasteiger partial charge in [0, 0.05) is 12.1 Å². The molecule has 2 aromatic rings. The summed E-state index contributed by atoms with van der Waals surface area (Å²) in [6, 6.07) is 14.9. The van der Waals surface area contributed by atoms with Crippen LogP contribution in [0, 0.1) is 6.92 Å². The van der Waals surface area contributed by atoms with E-state index in [1.165, 1.54) is 0 Å². The number of rotatable bonds is 7. The minimum Gasteiger partial charge on any atom is -0.496 e. The Bertz CT molecular complexity index is 713. The average Bonchev–Trinajstić information content (AvgIpc) is 2.60. The van der Waals surface area contributed by atoms with Crippen LogP contribution in [0.15, 0.2) is 48.5 Å². The van der Waals surface area contributed by atoms with Gasteiger partial charge in [0.15, 0.2) is 0 Å². The zero-order valence-electron chi connectivity index (χ0n) is 14.0. The van der Waals surface area contributed by atoms with Crippen LogP contribution in [0.3, 0.4) is 0 Å². The number of carbonyl (C=O) groups is 2. The van der Waals surface area contributed by atoms with Crippen molar-refractivity contribution in [2.24, 2.45) is 0 Å². The maximum absolute atomic E-state index is 12.0. The van der Waals surface area contributed by atoms with Crippen LogP contribution >= 0.6 is 0 Å². The van der Waals surface area contributed by atoms with E-state index in [1.54, 1.807) is 19.2 Å². The molecule has 0 saturated carbocycles. The summed E-state index contributed by atoms with van der Waals surface area (Å²) in [6.45, 7) is 2.36. The van der Waals surface area contributed by atoms with Crippen LogP contribution in [-0.4, -0.2) is 32.0 Å². The van der Waals surface area contributed by atoms with E-state index < -0.39 is 0 Å². The van der Waals surface area contributed by atoms with E-state index in [9.17, 15) is 9.59 Å². The molecule has 2 N–H and O–H groups in total. The zero-order chi connectivity index (χ0) is 17.4. The molecular weight excluding hydrogens is 304 g/mol. The van der Waals surface area contributed by atoms with Crippen LogP contribution in [0.5, 0.6) is 5.75 Å². The van der Waals surface area contributed by atoms with E-state index >= 15 is 0 Å². The van der Waals surface area contributed by atoms with Crippen molar-refractivity contribution in [3.63, 3.8) is 0 Å². The average molecular weight is 326 g/mol. The van der Waals surface area contributed by atoms with Gasteiger partial charge in [-0.25, -0.2) is 0 Å². The Labute approximate surface area is 142 Å². The molecule has 5 nitrogen and oxygen atoms in total. The van der Waals surface area contributed by atoms with Gasteiger partial charge in [0.25, 0.3) is 5.91 Å². The molecule has 0 heterocycles. The summed E-state index contributed by atoms with van der Waals surface area (Å²) < 4.78 is 5.27. The van der Waals surface area contributed by atoms with Crippen LogP contribution in [0.4, 0.5) is 0 Å². The second kappa shape index (κ2) is 8.72. The lowest BCUT2D eigenvalue weighted by molar-refractivity contribution is -0.120. The second-order valence-electron chi connectivity index (χ2n) is 5.46. The molecule has 0 bridgehead atoms. The summed E-state index contributed by atoms with van der Waals surface area (Å²) in [4.78, 5) is 23.8. The Morgan fingerprint density at radius 3 is 2.58 bits per heavy atom. The number of aryl methyl sites for hydroxylation is 1. The largest absolute Gasteiger partial charge is 0.496 e. The molecule has 0 aromatic heterocycles. The van der Waals surface area contributed by atoms with Gasteiger partial charge in [-0.1, -0.05) is 35.9 Å². The van der Waals surface area contributed by atoms with Crippen LogP contribution < -0.4 is 15.4 Å². The fraction of sp³-hybridized carbons (Fsp3) is 0.263. The number of hydrogen-bond acceptors (Lipinski definition) is 3. The van der Waals surface area contributed by atoms with Gasteiger partial charge in [0.05, 0.1) is 13.7 Å². The van der Waals surface area contributed by atoms with Crippen molar-refractivity contribution in [2.75, 3.05) is 20.2 Å². The topological polar surface area (TPSA) is 67.4 Å². The first kappa shape index (κ1) is 17.5. The van der Waals surface area contributed by atoms with Crippen molar-refractivity contribution in [2.45, 2.75) is 13.3 Å². The third kappa shape index (κ3) is 5.12. The molecule has 0 fully saturated rings. The van der Waals surface area contributed by atoms with Crippen molar-refractivity contribution < 1.29 is 14.3 Å². The van der Waals surface area contributed by atoms with Crippen molar-refractivity contribution in [1.82, 2.24) is 10.6 Å². The van der Waals surface area contributed by atoms with Gasteiger partial charge < -0.3 is 15.4 Å². The van der Waals surface area contributed by atoms with E-state index in [2.05, 4.69) is 10.6 Å². The van der Waals surface area contributed by atoms with Crippen molar-refractivity contribution in [3.05, 3.63) is 65.2 Å². The van der Waals surface area contributed by atoms with Gasteiger partial charge in [-0.2, -0.15) is 0 Å². The quantitative estimate of drug-likeness (QED) is 0.819. The van der Waals surface area contributed by atoms with Crippen LogP contribution in [0.2, 0.25) is 0 Å². The molecule has 0 unspecified atom stereocenters. The molecule has 2 aromatic carbocycles. The molecule has 126 valence electrons. The van der Waals surface area contributed by atoms with Gasteiger partial charge >= 0.3 is 0 Å². The molecule has 0 radical (unpaired) electrons. The third-order valence-electron chi connectivity index (χ3n) is 3.60. The molecular formula is C19H22N2O3. The standard InChI is InChI=1S/C19H22N2O3/c1-14-6-5-8-16(12-14)19(23)21-13-18(22)20-11-10-15-7-3-4-9-17(15)24-2/h3-9,12H,10-11,13H2,1-2H3,(H,20,22)(H,21,23). The Hall–Kier alpha value is -2.82. The van der Waals surface area contributed by atoms with Gasteiger partial charge in [0.1, 0.15) is 5.75 Å². The van der Waals surface area contributed by atoms with Crippen molar-refractivity contribution >= 4 is 11.8 Å². The molecule has 0 saturated heterocycles. The molecule has 24 heavy (non-hydrogen) atoms. The molecule has 0 atom stereocenters. The number of amides is 2. The lowest BCUT2D eigenvalue weighted by Crippen LogP contribution is -2.37. The smallest absolute Gasteiger partial charge is 0.251 e. The summed E-state index contributed by atoms with van der Waals surface area (Å²) in [7, 11) is 1.62. The fourth-order valence-electron chi connectivity index (χ4n) is 2.36. The highest BCUT2D eigenvalue weighted by atomic mass is 16.5. The lowest BCUT2D eigenvalue weighted by atomic mass is 10.1. The monoisotopic (exact) mass is 326 g/mol. The van der Waals surface area contributed by atoms with Gasteiger partial charge in [-0.3, -0.25) is 9.59 Å². The van der Waals surface area contributed by atoms with E-state index in [0.717, 1.165) is 16.9 Å². The molecule has 0 aliphatic rings. The summed E-state index contributed by atoms with van der Waals surface area (Å²) in [6.07, 6.45) is 0.668. The van der Waals surface area contributed by atoms with E-state index in [0.29, 0.717) is 18.5 Å². The Morgan fingerprint density at radius 2 is 1.83 bits per heavy atom. The van der Waals surface area contributed by atoms with Crippen LogP contribution in [0.1, 0.15) is 21.5 Å². The molecule has 2 rings (SSSR count). The van der Waals surface area contributed by atoms with Crippen molar-refractivity contribution in [1.29, 1.82) is 0 Å². The molecule has 0 aliphatic heterocycles. The van der Waals surface area contributed by atoms with Gasteiger partial charge in [0.2, 0.25) is 5.91 Å². The van der Waals surface area contributed by atoms with Gasteiger partial charge in [-0.15, -0.1) is 0 Å². The van der Waals surface area contributed by atoms with Crippen LogP contribution in [-0.2, 0) is 11.2 Å². The first-order valence-corrected chi connectivity index (χ1v) is 7.83. The number of ether oxygens (including phenoxy) is 1. The number of carbonyl (C=O) groups excluding carboxylic acids is 2. The maximum Gasteiger partial charge on any atom is 0.251 e. The lowest BCUT2D eigenvalue weighted by Gasteiger charge is -2.10. The number of para-hydroxylation sites is 1. The summed E-state index contributed by atoms with van der Waals surface area (Å²) >= 11 is 0. The predicted molar refractivity (Wildman–Crippen MR) is 93.2 cm³/mol. The van der Waals surface area contributed by atoms with E-state index in [-0.39, 0.29) is 18.4 Å². The first-order valence-electron chi connectivity index (χ1n) is 7.83. The maximum atomic E-state index is 12.0. The Morgan fingerprint density at radius 1 is 1.04 bits per heavy atom. The Kier molecular flexibility index (Phi) is 6.37. The predicted octanol–water partition coefficient (Wildman–Crippen LogP) is 2.09. The number of methoxy groups -OCH3 is 1. The highest BCUT2D eigenvalue weighted by Crippen LogP contribution is 2.17. The normalized spacial score (nSPS) is 10.1. The SMILES string of the molecule is COc1ccccc1CCNC(=O)CNC(=O)c1cccc(C)c1. The summed E-state index contributed by atoms with van der Waals surface area (Å²) in [5.41, 5.74) is 2.59. The third-order valence-corrected chi connectivity index (χ3v) is 3.60. The van der Waals surface area contributed by atoms with Crippen LogP contribution in [0.25, 0.3) is 0 Å². The molecule has 0 aliphatic carbocycles. The summed E-state index contributed by atoms with van der Waals surface area (Å²) in [5, 5.41) is 5.41. The summed E-state index contributed by atoms with van der Waals surface area (Å²) in [5.74, 6) is 0.337. The molecule has 2 amide bonds. The second-order valence-corrected chi connectivity index (χ2v) is 5.46. The van der Waals surface area contributed by atoms with Gasteiger partial charge in [-0.05, 0) is 37.1 Å². The molecule has 5 heteroatoms. The number of benzene rings is 2. The minimum absolute atomic E-state index is 0.0430. The highest BCUT2D eigenvalue weighted by molar-refractivity contribution is 5.96. The fourth-order valence-corrected chi connectivity index (χ4v) is 2.36. The van der Waals surface area contributed by atoms with E-state index in [4.69, 9.17) is 4.74 Å². The first-order chi connectivity index (χ1) is 11.6. The minimum atomic E-state index is -0.251. The Balaban J connectivity index is 1.74. The van der Waals surface area contributed by atoms with Crippen molar-refractivity contribution in [3.8, 4) is 5.75 Å². The van der Waals surface area contributed by atoms with E-state index in [1.807, 2.05) is 43.3 Å².